The molecule has 0 aliphatic rings. The Bertz CT molecular complexity index is 613. The molecule has 2 aromatic rings. The van der Waals surface area contributed by atoms with Crippen molar-refractivity contribution >= 4 is 16.9 Å². The standard InChI is InChI=1S/C16H20N2O3/c1-2-3-4-5-6-9-21-15-13-8-7-12(16(19)20)10-14(13)17-11-18-15/h7-8,10-11H,2-6,9H2,1H3,(H,19,20). The Morgan fingerprint density at radius 3 is 2.76 bits per heavy atom. The smallest absolute Gasteiger partial charge is 0.335 e. The third kappa shape index (κ3) is 4.15. The molecule has 0 bridgehead atoms. The number of hydrogen-bond donors (Lipinski definition) is 1. The van der Waals surface area contributed by atoms with Gasteiger partial charge in [0.15, 0.2) is 0 Å². The first kappa shape index (κ1) is 15.2. The number of carboxylic acid groups (broad SMARTS) is 1. The second kappa shape index (κ2) is 7.57. The fourth-order valence-corrected chi connectivity index (χ4v) is 2.15. The van der Waals surface area contributed by atoms with E-state index in [-0.39, 0.29) is 5.56 Å². The number of carboxylic acids is 1. The van der Waals surface area contributed by atoms with Crippen molar-refractivity contribution in [3.8, 4) is 5.88 Å². The maximum Gasteiger partial charge on any atom is 0.335 e. The molecule has 1 N–H and O–H groups in total. The number of fused-ring (bicyclic) bond motifs is 1. The summed E-state index contributed by atoms with van der Waals surface area (Å²) in [6, 6.07) is 4.78. The third-order valence-electron chi connectivity index (χ3n) is 3.33. The third-order valence-corrected chi connectivity index (χ3v) is 3.33. The van der Waals surface area contributed by atoms with Crippen LogP contribution in [0.1, 0.15) is 49.4 Å². The minimum atomic E-state index is -0.964. The van der Waals surface area contributed by atoms with E-state index in [4.69, 9.17) is 9.84 Å². The highest BCUT2D eigenvalue weighted by Crippen LogP contribution is 2.22. The van der Waals surface area contributed by atoms with Crippen LogP contribution in [0.25, 0.3) is 10.9 Å². The van der Waals surface area contributed by atoms with Crippen molar-refractivity contribution in [2.24, 2.45) is 0 Å². The zero-order chi connectivity index (χ0) is 15.1. The minimum absolute atomic E-state index is 0.215. The van der Waals surface area contributed by atoms with E-state index in [1.807, 2.05) is 0 Å². The molecule has 0 radical (unpaired) electrons. The lowest BCUT2D eigenvalue weighted by molar-refractivity contribution is 0.0697. The maximum absolute atomic E-state index is 11.0. The molecule has 2 rings (SSSR count). The first-order chi connectivity index (χ1) is 10.2. The Kier molecular flexibility index (Phi) is 5.49. The van der Waals surface area contributed by atoms with E-state index in [0.29, 0.717) is 18.0 Å². The van der Waals surface area contributed by atoms with Gasteiger partial charge < -0.3 is 9.84 Å². The quantitative estimate of drug-likeness (QED) is 0.750. The van der Waals surface area contributed by atoms with Gasteiger partial charge in [0.2, 0.25) is 5.88 Å². The molecule has 0 fully saturated rings. The lowest BCUT2D eigenvalue weighted by Gasteiger charge is -2.08. The molecule has 0 amide bonds. The SMILES string of the molecule is CCCCCCCOc1ncnc2cc(C(=O)O)ccc12. The van der Waals surface area contributed by atoms with Gasteiger partial charge in [-0.15, -0.1) is 0 Å². The molecule has 112 valence electrons. The van der Waals surface area contributed by atoms with Crippen LogP contribution in [0.5, 0.6) is 5.88 Å². The van der Waals surface area contributed by atoms with Crippen LogP contribution >= 0.6 is 0 Å². The molecule has 5 heteroatoms. The van der Waals surface area contributed by atoms with Gasteiger partial charge in [0, 0.05) is 0 Å². The lowest BCUT2D eigenvalue weighted by atomic mass is 10.1. The minimum Gasteiger partial charge on any atom is -0.478 e. The summed E-state index contributed by atoms with van der Waals surface area (Å²) in [6.45, 7) is 2.81. The van der Waals surface area contributed by atoms with Crippen LogP contribution in [0.4, 0.5) is 0 Å². The van der Waals surface area contributed by atoms with E-state index < -0.39 is 5.97 Å². The normalized spacial score (nSPS) is 10.7. The van der Waals surface area contributed by atoms with Gasteiger partial charge >= 0.3 is 5.97 Å². The Balaban J connectivity index is 2.01. The van der Waals surface area contributed by atoms with Crippen molar-refractivity contribution in [2.75, 3.05) is 6.61 Å². The number of ether oxygens (including phenoxy) is 1. The van der Waals surface area contributed by atoms with Gasteiger partial charge in [-0.25, -0.2) is 14.8 Å². The first-order valence-electron chi connectivity index (χ1n) is 7.33. The van der Waals surface area contributed by atoms with Gasteiger partial charge in [-0.1, -0.05) is 32.6 Å². The van der Waals surface area contributed by atoms with E-state index >= 15 is 0 Å². The molecule has 0 spiro atoms. The average Bonchev–Trinajstić information content (AvgIpc) is 2.50. The number of rotatable bonds is 8. The van der Waals surface area contributed by atoms with Crippen molar-refractivity contribution in [3.63, 3.8) is 0 Å². The van der Waals surface area contributed by atoms with Gasteiger partial charge in [0.1, 0.15) is 6.33 Å². The molecule has 0 aliphatic heterocycles. The first-order valence-corrected chi connectivity index (χ1v) is 7.33. The summed E-state index contributed by atoms with van der Waals surface area (Å²) in [5.41, 5.74) is 0.803. The van der Waals surface area contributed by atoms with Crippen LogP contribution in [0.15, 0.2) is 24.5 Å². The van der Waals surface area contributed by atoms with Crippen LogP contribution in [0.2, 0.25) is 0 Å². The second-order valence-electron chi connectivity index (χ2n) is 4.98. The van der Waals surface area contributed by atoms with Crippen LogP contribution in [-0.2, 0) is 0 Å². The molecule has 0 unspecified atom stereocenters. The zero-order valence-electron chi connectivity index (χ0n) is 12.2. The molecular weight excluding hydrogens is 268 g/mol. The second-order valence-corrected chi connectivity index (χ2v) is 4.98. The topological polar surface area (TPSA) is 72.3 Å². The predicted molar refractivity (Wildman–Crippen MR) is 80.8 cm³/mol. The number of hydrogen-bond acceptors (Lipinski definition) is 4. The highest BCUT2D eigenvalue weighted by atomic mass is 16.5. The molecule has 0 saturated carbocycles. The van der Waals surface area contributed by atoms with Gasteiger partial charge in [-0.3, -0.25) is 0 Å². The monoisotopic (exact) mass is 288 g/mol. The molecular formula is C16H20N2O3. The summed E-state index contributed by atoms with van der Waals surface area (Å²) >= 11 is 0. The Labute approximate surface area is 124 Å². The fraction of sp³-hybridized carbons (Fsp3) is 0.438. The molecule has 0 saturated heterocycles. The number of benzene rings is 1. The van der Waals surface area contributed by atoms with Crippen molar-refractivity contribution in [3.05, 3.63) is 30.1 Å². The van der Waals surface area contributed by atoms with Crippen molar-refractivity contribution in [1.82, 2.24) is 9.97 Å². The summed E-state index contributed by atoms with van der Waals surface area (Å²) in [4.78, 5) is 19.2. The summed E-state index contributed by atoms with van der Waals surface area (Å²) in [5.74, 6) is -0.443. The summed E-state index contributed by atoms with van der Waals surface area (Å²) in [6.07, 6.45) is 7.27. The van der Waals surface area contributed by atoms with Gasteiger partial charge in [-0.05, 0) is 24.6 Å². The number of aromatic carboxylic acids is 1. The molecule has 0 atom stereocenters. The summed E-state index contributed by atoms with van der Waals surface area (Å²) in [5, 5.41) is 9.73. The van der Waals surface area contributed by atoms with Crippen molar-refractivity contribution in [1.29, 1.82) is 0 Å². The van der Waals surface area contributed by atoms with Gasteiger partial charge in [-0.2, -0.15) is 0 Å². The number of aromatic nitrogens is 2. The maximum atomic E-state index is 11.0. The van der Waals surface area contributed by atoms with E-state index in [0.717, 1.165) is 18.2 Å². The van der Waals surface area contributed by atoms with Crippen LogP contribution in [-0.4, -0.2) is 27.7 Å². The summed E-state index contributed by atoms with van der Waals surface area (Å²) in [7, 11) is 0. The number of carbonyl (C=O) groups is 1. The Morgan fingerprint density at radius 1 is 1.19 bits per heavy atom. The largest absolute Gasteiger partial charge is 0.478 e. The van der Waals surface area contributed by atoms with Crippen LogP contribution in [0, 0.1) is 0 Å². The van der Waals surface area contributed by atoms with E-state index in [9.17, 15) is 4.79 Å². The van der Waals surface area contributed by atoms with E-state index in [1.54, 1.807) is 12.1 Å². The molecule has 5 nitrogen and oxygen atoms in total. The highest BCUT2D eigenvalue weighted by molar-refractivity contribution is 5.94. The fourth-order valence-electron chi connectivity index (χ4n) is 2.15. The van der Waals surface area contributed by atoms with Crippen LogP contribution < -0.4 is 4.74 Å². The predicted octanol–water partition coefficient (Wildman–Crippen LogP) is 3.68. The molecule has 1 heterocycles. The highest BCUT2D eigenvalue weighted by Gasteiger charge is 2.08. The van der Waals surface area contributed by atoms with Crippen LogP contribution in [0.3, 0.4) is 0 Å². The lowest BCUT2D eigenvalue weighted by Crippen LogP contribution is -2.01. The molecule has 1 aromatic carbocycles. The molecule has 0 aliphatic carbocycles. The summed E-state index contributed by atoms with van der Waals surface area (Å²) < 4.78 is 5.70. The molecule has 1 aromatic heterocycles. The van der Waals surface area contributed by atoms with Gasteiger partial charge in [0.25, 0.3) is 0 Å². The van der Waals surface area contributed by atoms with E-state index in [2.05, 4.69) is 16.9 Å². The average molecular weight is 288 g/mol. The Hall–Kier alpha value is -2.17. The number of unbranched alkanes of at least 4 members (excludes halogenated alkanes) is 4. The van der Waals surface area contributed by atoms with Gasteiger partial charge in [0.05, 0.1) is 23.1 Å². The zero-order valence-corrected chi connectivity index (χ0v) is 12.2. The van der Waals surface area contributed by atoms with Crippen molar-refractivity contribution in [2.45, 2.75) is 39.0 Å². The van der Waals surface area contributed by atoms with E-state index in [1.165, 1.54) is 31.7 Å². The number of nitrogens with zero attached hydrogens (tertiary/aromatic N) is 2. The Morgan fingerprint density at radius 2 is 2.00 bits per heavy atom. The molecule has 21 heavy (non-hydrogen) atoms. The van der Waals surface area contributed by atoms with Crippen molar-refractivity contribution < 1.29 is 14.6 Å².